The molecule has 1 aromatic heterocycles. The monoisotopic (exact) mass is 244 g/mol. The Kier molecular flexibility index (Phi) is 5.71. The van der Waals surface area contributed by atoms with E-state index in [2.05, 4.69) is 23.8 Å². The molecule has 3 nitrogen and oxygen atoms in total. The predicted molar refractivity (Wildman–Crippen MR) is 74.9 cm³/mol. The van der Waals surface area contributed by atoms with Crippen molar-refractivity contribution in [3.05, 3.63) is 60.4 Å². The number of methoxy groups -OCH3 is 1. The summed E-state index contributed by atoms with van der Waals surface area (Å²) >= 11 is 0. The Hall–Kier alpha value is -2.03. The fourth-order valence-corrected chi connectivity index (χ4v) is 1.47. The number of benzene rings is 1. The highest BCUT2D eigenvalue weighted by atomic mass is 16.5. The standard InChI is InChI=1S/C12H14N2O.C3H6/c1-10-7-13-14(8-10)9-11-3-5-12(15-2)6-4-11;1-3-2/h3-8H,9H2,1-2H3;3H,1H2,2H3. The molecule has 2 rings (SSSR count). The summed E-state index contributed by atoms with van der Waals surface area (Å²) in [7, 11) is 1.67. The highest BCUT2D eigenvalue weighted by Crippen LogP contribution is 2.12. The fourth-order valence-electron chi connectivity index (χ4n) is 1.47. The van der Waals surface area contributed by atoms with Crippen molar-refractivity contribution in [3.63, 3.8) is 0 Å². The number of hydrogen-bond donors (Lipinski definition) is 0. The Morgan fingerprint density at radius 2 is 1.94 bits per heavy atom. The average Bonchev–Trinajstić information content (AvgIpc) is 2.77. The van der Waals surface area contributed by atoms with Crippen LogP contribution in [-0.4, -0.2) is 16.9 Å². The number of aromatic nitrogens is 2. The van der Waals surface area contributed by atoms with Gasteiger partial charge in [-0.3, -0.25) is 4.68 Å². The van der Waals surface area contributed by atoms with E-state index < -0.39 is 0 Å². The Morgan fingerprint density at radius 1 is 1.33 bits per heavy atom. The second kappa shape index (κ2) is 7.33. The Bertz CT molecular complexity index is 471. The lowest BCUT2D eigenvalue weighted by atomic mass is 10.2. The van der Waals surface area contributed by atoms with Gasteiger partial charge in [0.1, 0.15) is 5.75 Å². The third-order valence-corrected chi connectivity index (χ3v) is 2.27. The van der Waals surface area contributed by atoms with Crippen molar-refractivity contribution in [2.24, 2.45) is 0 Å². The van der Waals surface area contributed by atoms with E-state index in [1.165, 1.54) is 11.1 Å². The van der Waals surface area contributed by atoms with Crippen LogP contribution in [0, 0.1) is 6.92 Å². The molecule has 0 aliphatic heterocycles. The number of aryl methyl sites for hydroxylation is 1. The Labute approximate surface area is 109 Å². The summed E-state index contributed by atoms with van der Waals surface area (Å²) in [6, 6.07) is 8.03. The van der Waals surface area contributed by atoms with Crippen molar-refractivity contribution in [1.82, 2.24) is 9.78 Å². The summed E-state index contributed by atoms with van der Waals surface area (Å²) < 4.78 is 7.03. The molecule has 0 aliphatic rings. The van der Waals surface area contributed by atoms with Crippen LogP contribution in [0.4, 0.5) is 0 Å². The minimum absolute atomic E-state index is 0.803. The van der Waals surface area contributed by atoms with Crippen molar-refractivity contribution >= 4 is 0 Å². The molecule has 0 radical (unpaired) electrons. The fraction of sp³-hybridized carbons (Fsp3) is 0.267. The van der Waals surface area contributed by atoms with E-state index in [1.807, 2.05) is 43.1 Å². The molecule has 0 aliphatic carbocycles. The zero-order valence-electron chi connectivity index (χ0n) is 11.3. The van der Waals surface area contributed by atoms with E-state index in [-0.39, 0.29) is 0 Å². The quantitative estimate of drug-likeness (QED) is 0.773. The topological polar surface area (TPSA) is 27.1 Å². The molecule has 0 bridgehead atoms. The minimum Gasteiger partial charge on any atom is -0.497 e. The van der Waals surface area contributed by atoms with Crippen LogP contribution in [0.2, 0.25) is 0 Å². The lowest BCUT2D eigenvalue weighted by molar-refractivity contribution is 0.414. The summed E-state index contributed by atoms with van der Waals surface area (Å²) in [5, 5.41) is 4.24. The maximum atomic E-state index is 5.10. The normalized spacial score (nSPS) is 9.28. The van der Waals surface area contributed by atoms with E-state index >= 15 is 0 Å². The number of hydrogen-bond acceptors (Lipinski definition) is 2. The molecule has 0 saturated carbocycles. The largest absolute Gasteiger partial charge is 0.497 e. The van der Waals surface area contributed by atoms with Gasteiger partial charge in [0.05, 0.1) is 19.9 Å². The maximum absolute atomic E-state index is 5.10. The van der Waals surface area contributed by atoms with Gasteiger partial charge in [-0.25, -0.2) is 0 Å². The third-order valence-electron chi connectivity index (χ3n) is 2.27. The van der Waals surface area contributed by atoms with E-state index in [1.54, 1.807) is 13.2 Å². The van der Waals surface area contributed by atoms with E-state index in [4.69, 9.17) is 4.74 Å². The van der Waals surface area contributed by atoms with Crippen LogP contribution in [-0.2, 0) is 6.54 Å². The highest BCUT2D eigenvalue weighted by Gasteiger charge is 1.97. The average molecular weight is 244 g/mol. The molecule has 0 spiro atoms. The molecule has 1 heterocycles. The molecular weight excluding hydrogens is 224 g/mol. The van der Waals surface area contributed by atoms with Crippen molar-refractivity contribution in [2.45, 2.75) is 20.4 Å². The van der Waals surface area contributed by atoms with E-state index in [0.29, 0.717) is 0 Å². The molecule has 96 valence electrons. The molecule has 2 aromatic rings. The van der Waals surface area contributed by atoms with Crippen LogP contribution < -0.4 is 4.74 Å². The zero-order chi connectivity index (χ0) is 13.4. The smallest absolute Gasteiger partial charge is 0.118 e. The van der Waals surface area contributed by atoms with Gasteiger partial charge in [0.2, 0.25) is 0 Å². The summed E-state index contributed by atoms with van der Waals surface area (Å²) in [6.07, 6.45) is 5.65. The summed E-state index contributed by atoms with van der Waals surface area (Å²) in [4.78, 5) is 0. The third kappa shape index (κ3) is 4.45. The molecule has 0 amide bonds. The summed E-state index contributed by atoms with van der Waals surface area (Å²) in [6.45, 7) is 8.09. The lowest BCUT2D eigenvalue weighted by Crippen LogP contribution is -1.99. The number of allylic oxidation sites excluding steroid dienone is 1. The van der Waals surface area contributed by atoms with Crippen molar-refractivity contribution in [1.29, 1.82) is 0 Å². The van der Waals surface area contributed by atoms with Gasteiger partial charge >= 0.3 is 0 Å². The second-order valence-electron chi connectivity index (χ2n) is 3.97. The second-order valence-corrected chi connectivity index (χ2v) is 3.97. The van der Waals surface area contributed by atoms with Crippen LogP contribution >= 0.6 is 0 Å². The van der Waals surface area contributed by atoms with E-state index in [0.717, 1.165) is 12.3 Å². The first-order chi connectivity index (χ1) is 8.69. The van der Waals surface area contributed by atoms with Crippen LogP contribution in [0.15, 0.2) is 49.3 Å². The molecule has 1 aromatic carbocycles. The SMILES string of the molecule is C=CC.COc1ccc(Cn2cc(C)cn2)cc1. The Morgan fingerprint density at radius 3 is 2.39 bits per heavy atom. The first kappa shape index (κ1) is 14.0. The minimum atomic E-state index is 0.803. The van der Waals surface area contributed by atoms with Crippen molar-refractivity contribution < 1.29 is 4.74 Å². The number of ether oxygens (including phenoxy) is 1. The van der Waals surface area contributed by atoms with Gasteiger partial charge < -0.3 is 4.74 Å². The molecule has 18 heavy (non-hydrogen) atoms. The van der Waals surface area contributed by atoms with Gasteiger partial charge in [-0.05, 0) is 37.1 Å². The molecule has 0 unspecified atom stereocenters. The predicted octanol–water partition coefficient (Wildman–Crippen LogP) is 3.44. The molecular formula is C15H20N2O. The Balaban J connectivity index is 0.000000492. The van der Waals surface area contributed by atoms with Crippen molar-refractivity contribution in [3.8, 4) is 5.75 Å². The molecule has 0 saturated heterocycles. The maximum Gasteiger partial charge on any atom is 0.118 e. The van der Waals surface area contributed by atoms with Crippen LogP contribution in [0.1, 0.15) is 18.1 Å². The molecule has 0 fully saturated rings. The van der Waals surface area contributed by atoms with Gasteiger partial charge in [-0.1, -0.05) is 18.2 Å². The van der Waals surface area contributed by atoms with Gasteiger partial charge in [-0.2, -0.15) is 5.10 Å². The lowest BCUT2D eigenvalue weighted by Gasteiger charge is -2.03. The summed E-state index contributed by atoms with van der Waals surface area (Å²) in [5.41, 5.74) is 2.41. The van der Waals surface area contributed by atoms with Crippen LogP contribution in [0.5, 0.6) is 5.75 Å². The molecule has 0 atom stereocenters. The number of rotatable bonds is 3. The van der Waals surface area contributed by atoms with Gasteiger partial charge in [0, 0.05) is 6.20 Å². The highest BCUT2D eigenvalue weighted by molar-refractivity contribution is 5.27. The van der Waals surface area contributed by atoms with Crippen LogP contribution in [0.25, 0.3) is 0 Å². The first-order valence-electron chi connectivity index (χ1n) is 5.88. The molecule has 0 N–H and O–H groups in total. The first-order valence-corrected chi connectivity index (χ1v) is 5.88. The van der Waals surface area contributed by atoms with Crippen molar-refractivity contribution in [2.75, 3.05) is 7.11 Å². The van der Waals surface area contributed by atoms with Gasteiger partial charge in [0.15, 0.2) is 0 Å². The number of nitrogens with zero attached hydrogens (tertiary/aromatic N) is 2. The van der Waals surface area contributed by atoms with Gasteiger partial charge in [-0.15, -0.1) is 6.58 Å². The van der Waals surface area contributed by atoms with E-state index in [9.17, 15) is 0 Å². The van der Waals surface area contributed by atoms with Crippen LogP contribution in [0.3, 0.4) is 0 Å². The summed E-state index contributed by atoms with van der Waals surface area (Å²) in [5.74, 6) is 0.885. The molecule has 3 heteroatoms. The van der Waals surface area contributed by atoms with Gasteiger partial charge in [0.25, 0.3) is 0 Å². The zero-order valence-corrected chi connectivity index (χ0v) is 11.3.